The van der Waals surface area contributed by atoms with Gasteiger partial charge in [0.15, 0.2) is 5.58 Å². The number of nitrogens with zero attached hydrogens (tertiary/aromatic N) is 1. The summed E-state index contributed by atoms with van der Waals surface area (Å²) in [4.78, 5) is 16.6. The number of oxazole rings is 1. The van der Waals surface area contributed by atoms with Gasteiger partial charge >= 0.3 is 0 Å². The van der Waals surface area contributed by atoms with E-state index in [1.54, 1.807) is 11.8 Å². The molecule has 130 valence electrons. The van der Waals surface area contributed by atoms with Crippen molar-refractivity contribution in [3.05, 3.63) is 59.2 Å². The molecule has 0 fully saturated rings. The third-order valence-corrected chi connectivity index (χ3v) is 5.07. The van der Waals surface area contributed by atoms with Gasteiger partial charge in [0.05, 0.1) is 0 Å². The summed E-state index contributed by atoms with van der Waals surface area (Å²) < 4.78 is 5.78. The molecule has 2 aromatic carbocycles. The molecule has 1 heterocycles. The zero-order valence-corrected chi connectivity index (χ0v) is 15.5. The van der Waals surface area contributed by atoms with Crippen molar-refractivity contribution in [2.75, 3.05) is 0 Å². The number of aromatic nitrogens is 1. The van der Waals surface area contributed by atoms with Crippen LogP contribution < -0.4 is 5.32 Å². The van der Waals surface area contributed by atoms with E-state index < -0.39 is 0 Å². The molecule has 0 aliphatic heterocycles. The van der Waals surface area contributed by atoms with Crippen molar-refractivity contribution >= 4 is 28.8 Å². The third-order valence-electron chi connectivity index (χ3n) is 4.17. The first-order valence-corrected chi connectivity index (χ1v) is 9.44. The summed E-state index contributed by atoms with van der Waals surface area (Å²) in [7, 11) is 0. The minimum atomic E-state index is -0.0250. The number of para-hydroxylation sites is 1. The fourth-order valence-corrected chi connectivity index (χ4v) is 3.22. The number of nitrogens with one attached hydrogen (secondary N) is 1. The standard InChI is InChI=1S/C20H22N2O2S/c1-4-14(3)21-19(23)16-10-8-15(9-11-16)12-25-20-22-18-13(2)6-5-7-17(18)24-20/h5-11,14H,4,12H2,1-3H3,(H,21,23)/t14-/m0/s1. The van der Waals surface area contributed by atoms with Gasteiger partial charge < -0.3 is 9.73 Å². The molecule has 1 atom stereocenters. The normalized spacial score (nSPS) is 12.3. The zero-order chi connectivity index (χ0) is 17.8. The van der Waals surface area contributed by atoms with E-state index in [4.69, 9.17) is 4.42 Å². The smallest absolute Gasteiger partial charge is 0.257 e. The maximum atomic E-state index is 12.1. The predicted molar refractivity (Wildman–Crippen MR) is 102 cm³/mol. The Morgan fingerprint density at radius 2 is 2.00 bits per heavy atom. The summed E-state index contributed by atoms with van der Waals surface area (Å²) in [5.74, 6) is 0.724. The minimum Gasteiger partial charge on any atom is -0.431 e. The average molecular weight is 354 g/mol. The molecule has 1 aromatic heterocycles. The highest BCUT2D eigenvalue weighted by Crippen LogP contribution is 2.27. The van der Waals surface area contributed by atoms with Crippen LogP contribution >= 0.6 is 11.8 Å². The van der Waals surface area contributed by atoms with E-state index in [1.165, 1.54) is 0 Å². The molecule has 0 aliphatic carbocycles. The SMILES string of the molecule is CC[C@H](C)NC(=O)c1ccc(CSc2nc3c(C)cccc3o2)cc1. The van der Waals surface area contributed by atoms with Crippen LogP contribution in [-0.2, 0) is 5.75 Å². The maximum absolute atomic E-state index is 12.1. The first kappa shape index (κ1) is 17.5. The molecule has 3 aromatic rings. The molecule has 0 unspecified atom stereocenters. The number of hydrogen-bond acceptors (Lipinski definition) is 4. The van der Waals surface area contributed by atoms with E-state index in [0.717, 1.165) is 34.4 Å². The lowest BCUT2D eigenvalue weighted by molar-refractivity contribution is 0.0939. The lowest BCUT2D eigenvalue weighted by Gasteiger charge is -2.11. The molecule has 4 nitrogen and oxygen atoms in total. The van der Waals surface area contributed by atoms with E-state index in [9.17, 15) is 4.79 Å². The maximum Gasteiger partial charge on any atom is 0.257 e. The monoisotopic (exact) mass is 354 g/mol. The van der Waals surface area contributed by atoms with Gasteiger partial charge in [0.2, 0.25) is 0 Å². The van der Waals surface area contributed by atoms with Crippen molar-refractivity contribution in [1.82, 2.24) is 10.3 Å². The highest BCUT2D eigenvalue weighted by Gasteiger charge is 2.10. The van der Waals surface area contributed by atoms with Crippen LogP contribution in [0.1, 0.15) is 41.8 Å². The van der Waals surface area contributed by atoms with E-state index in [-0.39, 0.29) is 11.9 Å². The number of hydrogen-bond donors (Lipinski definition) is 1. The van der Waals surface area contributed by atoms with Crippen molar-refractivity contribution in [2.24, 2.45) is 0 Å². The van der Waals surface area contributed by atoms with E-state index >= 15 is 0 Å². The summed E-state index contributed by atoms with van der Waals surface area (Å²) in [6.45, 7) is 6.09. The largest absolute Gasteiger partial charge is 0.431 e. The van der Waals surface area contributed by atoms with Gasteiger partial charge in [0.25, 0.3) is 11.1 Å². The Bertz CT molecular complexity index is 871. The number of carbonyl (C=O) groups excluding carboxylic acids is 1. The predicted octanol–water partition coefficient (Wildman–Crippen LogP) is 4.96. The summed E-state index contributed by atoms with van der Waals surface area (Å²) >= 11 is 1.56. The molecule has 0 saturated heterocycles. The second kappa shape index (κ2) is 7.74. The molecule has 0 spiro atoms. The number of carbonyl (C=O) groups is 1. The molecule has 0 bridgehead atoms. The van der Waals surface area contributed by atoms with Crippen molar-refractivity contribution in [1.29, 1.82) is 0 Å². The molecule has 0 aliphatic rings. The van der Waals surface area contributed by atoms with Gasteiger partial charge in [-0.2, -0.15) is 0 Å². The van der Waals surface area contributed by atoms with Crippen LogP contribution in [0.2, 0.25) is 0 Å². The number of thioether (sulfide) groups is 1. The number of aryl methyl sites for hydroxylation is 1. The molecule has 25 heavy (non-hydrogen) atoms. The van der Waals surface area contributed by atoms with Gasteiger partial charge in [0.1, 0.15) is 5.52 Å². The second-order valence-corrected chi connectivity index (χ2v) is 7.10. The molecule has 1 N–H and O–H groups in total. The van der Waals surface area contributed by atoms with Crippen molar-refractivity contribution in [2.45, 2.75) is 44.2 Å². The molecular weight excluding hydrogens is 332 g/mol. The molecule has 5 heteroatoms. The summed E-state index contributed by atoms with van der Waals surface area (Å²) in [6, 6.07) is 13.8. The van der Waals surface area contributed by atoms with Gasteiger partial charge in [-0.15, -0.1) is 0 Å². The van der Waals surface area contributed by atoms with Crippen LogP contribution in [0.5, 0.6) is 0 Å². The van der Waals surface area contributed by atoms with Gasteiger partial charge in [-0.1, -0.05) is 43.0 Å². The third kappa shape index (κ3) is 4.23. The fourth-order valence-electron chi connectivity index (χ4n) is 2.43. The first-order valence-electron chi connectivity index (χ1n) is 8.45. The number of benzene rings is 2. The number of amides is 1. The lowest BCUT2D eigenvalue weighted by atomic mass is 10.1. The van der Waals surface area contributed by atoms with Crippen LogP contribution in [0.25, 0.3) is 11.1 Å². The van der Waals surface area contributed by atoms with Gasteiger partial charge in [-0.05, 0) is 49.6 Å². The number of fused-ring (bicyclic) bond motifs is 1. The highest BCUT2D eigenvalue weighted by molar-refractivity contribution is 7.98. The Hall–Kier alpha value is -2.27. The molecule has 0 saturated carbocycles. The second-order valence-electron chi connectivity index (χ2n) is 6.17. The lowest BCUT2D eigenvalue weighted by Crippen LogP contribution is -2.31. The zero-order valence-electron chi connectivity index (χ0n) is 14.7. The fraction of sp³-hybridized carbons (Fsp3) is 0.300. The highest BCUT2D eigenvalue weighted by atomic mass is 32.2. The van der Waals surface area contributed by atoms with E-state index in [1.807, 2.05) is 56.3 Å². The van der Waals surface area contributed by atoms with Gasteiger partial charge in [-0.25, -0.2) is 4.98 Å². The van der Waals surface area contributed by atoms with Crippen LogP contribution in [0.4, 0.5) is 0 Å². The van der Waals surface area contributed by atoms with Crippen LogP contribution in [0, 0.1) is 6.92 Å². The molecular formula is C20H22N2O2S. The Kier molecular flexibility index (Phi) is 5.43. The van der Waals surface area contributed by atoms with Crippen molar-refractivity contribution in [3.63, 3.8) is 0 Å². The Morgan fingerprint density at radius 3 is 2.68 bits per heavy atom. The Balaban J connectivity index is 1.63. The summed E-state index contributed by atoms with van der Waals surface area (Å²) in [5.41, 5.74) is 4.67. The topological polar surface area (TPSA) is 55.1 Å². The minimum absolute atomic E-state index is 0.0250. The first-order chi connectivity index (χ1) is 12.1. The van der Waals surface area contributed by atoms with Gasteiger partial charge in [0, 0.05) is 17.4 Å². The summed E-state index contributed by atoms with van der Waals surface area (Å²) in [6.07, 6.45) is 0.921. The van der Waals surface area contributed by atoms with Crippen molar-refractivity contribution in [3.8, 4) is 0 Å². The van der Waals surface area contributed by atoms with Crippen LogP contribution in [0.3, 0.4) is 0 Å². The van der Waals surface area contributed by atoms with Crippen LogP contribution in [0.15, 0.2) is 52.1 Å². The van der Waals surface area contributed by atoms with Gasteiger partial charge in [-0.3, -0.25) is 4.79 Å². The van der Waals surface area contributed by atoms with Crippen molar-refractivity contribution < 1.29 is 9.21 Å². The van der Waals surface area contributed by atoms with E-state index in [0.29, 0.717) is 10.8 Å². The average Bonchev–Trinajstić information content (AvgIpc) is 3.05. The quantitative estimate of drug-likeness (QED) is 0.636. The summed E-state index contributed by atoms with van der Waals surface area (Å²) in [5, 5.41) is 3.64. The molecule has 1 amide bonds. The Labute approximate surface area is 152 Å². The number of rotatable bonds is 6. The van der Waals surface area contributed by atoms with E-state index in [2.05, 4.69) is 17.2 Å². The Morgan fingerprint density at radius 1 is 1.24 bits per heavy atom. The van der Waals surface area contributed by atoms with Crippen LogP contribution in [-0.4, -0.2) is 16.9 Å². The molecule has 0 radical (unpaired) electrons. The molecule has 3 rings (SSSR count).